The van der Waals surface area contributed by atoms with E-state index in [0.717, 1.165) is 25.7 Å². The van der Waals surface area contributed by atoms with E-state index in [0.29, 0.717) is 5.54 Å². The van der Waals surface area contributed by atoms with Crippen molar-refractivity contribution in [1.29, 1.82) is 0 Å². The molecule has 4 nitrogen and oxygen atoms in total. The van der Waals surface area contributed by atoms with Crippen molar-refractivity contribution in [3.63, 3.8) is 0 Å². The first-order valence-corrected chi connectivity index (χ1v) is 7.86. The maximum Gasteiger partial charge on any atom is 0.0309 e. The minimum atomic E-state index is 0.311. The van der Waals surface area contributed by atoms with Crippen LogP contribution in [0.2, 0.25) is 0 Å². The van der Waals surface area contributed by atoms with Gasteiger partial charge in [-0.2, -0.15) is 0 Å². The van der Waals surface area contributed by atoms with E-state index >= 15 is 0 Å². The van der Waals surface area contributed by atoms with Gasteiger partial charge in [-0.15, -0.1) is 0 Å². The van der Waals surface area contributed by atoms with E-state index in [-0.39, 0.29) is 0 Å². The zero-order valence-corrected chi connectivity index (χ0v) is 13.3. The summed E-state index contributed by atoms with van der Waals surface area (Å²) in [7, 11) is 4.34. The summed E-state index contributed by atoms with van der Waals surface area (Å²) in [5.74, 6) is 0. The monoisotopic (exact) mass is 268 g/mol. The predicted octanol–water partition coefficient (Wildman–Crippen LogP) is 0.696. The molecule has 1 atom stereocenters. The largest absolute Gasteiger partial charge is 0.314 e. The van der Waals surface area contributed by atoms with Gasteiger partial charge in [0, 0.05) is 50.8 Å². The van der Waals surface area contributed by atoms with Crippen LogP contribution in [0, 0.1) is 0 Å². The van der Waals surface area contributed by atoms with Crippen molar-refractivity contribution < 1.29 is 0 Å². The number of nitrogens with one attached hydrogen (secondary N) is 1. The van der Waals surface area contributed by atoms with E-state index in [2.05, 4.69) is 48.0 Å². The lowest BCUT2D eigenvalue weighted by atomic mass is 9.83. The second-order valence-electron chi connectivity index (χ2n) is 6.89. The summed E-state index contributed by atoms with van der Waals surface area (Å²) in [4.78, 5) is 7.73. The second-order valence-corrected chi connectivity index (χ2v) is 6.89. The van der Waals surface area contributed by atoms with Gasteiger partial charge < -0.3 is 10.2 Å². The minimum absolute atomic E-state index is 0.311. The molecule has 2 rings (SSSR count). The average Bonchev–Trinajstić information content (AvgIpc) is 2.37. The zero-order valence-electron chi connectivity index (χ0n) is 13.3. The van der Waals surface area contributed by atoms with Crippen LogP contribution >= 0.6 is 0 Å². The molecule has 112 valence electrons. The van der Waals surface area contributed by atoms with Crippen molar-refractivity contribution in [2.75, 3.05) is 59.9 Å². The van der Waals surface area contributed by atoms with Crippen LogP contribution in [0.3, 0.4) is 0 Å². The van der Waals surface area contributed by atoms with Gasteiger partial charge in [-0.3, -0.25) is 9.80 Å². The van der Waals surface area contributed by atoms with Crippen LogP contribution in [0.25, 0.3) is 0 Å². The van der Waals surface area contributed by atoms with Crippen LogP contribution in [-0.4, -0.2) is 86.2 Å². The molecule has 2 aliphatic rings. The molecule has 1 unspecified atom stereocenters. The molecule has 0 aromatic carbocycles. The number of piperidine rings is 1. The molecule has 0 amide bonds. The molecule has 0 spiro atoms. The Morgan fingerprint density at radius 1 is 1.16 bits per heavy atom. The van der Waals surface area contributed by atoms with E-state index in [1.807, 2.05) is 0 Å². The zero-order chi connectivity index (χ0) is 13.9. The Morgan fingerprint density at radius 3 is 2.47 bits per heavy atom. The van der Waals surface area contributed by atoms with Gasteiger partial charge in [0.05, 0.1) is 0 Å². The maximum atomic E-state index is 3.47. The van der Waals surface area contributed by atoms with Crippen LogP contribution in [0.1, 0.15) is 26.7 Å². The Hall–Kier alpha value is -0.160. The number of piperazine rings is 1. The molecule has 0 aromatic heterocycles. The van der Waals surface area contributed by atoms with Crippen molar-refractivity contribution >= 4 is 0 Å². The van der Waals surface area contributed by atoms with Crippen LogP contribution in [0.5, 0.6) is 0 Å². The molecule has 0 aliphatic carbocycles. The van der Waals surface area contributed by atoms with Crippen LogP contribution in [0.4, 0.5) is 0 Å². The fourth-order valence-corrected chi connectivity index (χ4v) is 3.67. The molecule has 2 aliphatic heterocycles. The Morgan fingerprint density at radius 2 is 1.84 bits per heavy atom. The molecular weight excluding hydrogens is 236 g/mol. The lowest BCUT2D eigenvalue weighted by molar-refractivity contribution is -0.0224. The normalized spacial score (nSPS) is 29.8. The first kappa shape index (κ1) is 15.2. The summed E-state index contributed by atoms with van der Waals surface area (Å²) in [6.07, 6.45) is 2.72. The summed E-state index contributed by atoms with van der Waals surface area (Å²) < 4.78 is 0. The third-order valence-corrected chi connectivity index (χ3v) is 4.95. The highest BCUT2D eigenvalue weighted by molar-refractivity contribution is 4.99. The fourth-order valence-electron chi connectivity index (χ4n) is 3.67. The van der Waals surface area contributed by atoms with Gasteiger partial charge in [-0.25, -0.2) is 0 Å². The van der Waals surface area contributed by atoms with E-state index < -0.39 is 0 Å². The van der Waals surface area contributed by atoms with Crippen LogP contribution in [0.15, 0.2) is 0 Å². The van der Waals surface area contributed by atoms with Gasteiger partial charge >= 0.3 is 0 Å². The molecule has 0 aromatic rings. The molecule has 0 bridgehead atoms. The van der Waals surface area contributed by atoms with Gasteiger partial charge in [0.1, 0.15) is 0 Å². The van der Waals surface area contributed by atoms with Gasteiger partial charge in [0.15, 0.2) is 0 Å². The van der Waals surface area contributed by atoms with Gasteiger partial charge in [-0.1, -0.05) is 0 Å². The van der Waals surface area contributed by atoms with Gasteiger partial charge in [0.25, 0.3) is 0 Å². The average molecular weight is 268 g/mol. The van der Waals surface area contributed by atoms with Crippen LogP contribution < -0.4 is 5.32 Å². The molecule has 2 fully saturated rings. The Bertz CT molecular complexity index is 271. The van der Waals surface area contributed by atoms with Crippen molar-refractivity contribution in [2.24, 2.45) is 0 Å². The predicted molar refractivity (Wildman–Crippen MR) is 81.7 cm³/mol. The summed E-state index contributed by atoms with van der Waals surface area (Å²) >= 11 is 0. The van der Waals surface area contributed by atoms with Crippen LogP contribution in [-0.2, 0) is 0 Å². The molecular formula is C15H32N4. The first-order chi connectivity index (χ1) is 9.01. The fraction of sp³-hybridized carbons (Fsp3) is 1.00. The number of likely N-dealkylation sites (N-methyl/N-ethyl adjacent to an activating group) is 1. The van der Waals surface area contributed by atoms with Gasteiger partial charge in [-0.05, 0) is 47.3 Å². The van der Waals surface area contributed by atoms with E-state index in [9.17, 15) is 0 Å². The molecule has 2 heterocycles. The van der Waals surface area contributed by atoms with Crippen molar-refractivity contribution in [3.8, 4) is 0 Å². The summed E-state index contributed by atoms with van der Waals surface area (Å²) in [5.41, 5.74) is 0.311. The highest BCUT2D eigenvalue weighted by Crippen LogP contribution is 2.31. The molecule has 1 N–H and O–H groups in total. The highest BCUT2D eigenvalue weighted by atomic mass is 15.3. The quantitative estimate of drug-likeness (QED) is 0.810. The smallest absolute Gasteiger partial charge is 0.0309 e. The molecule has 0 radical (unpaired) electrons. The SMILES string of the molecule is CN(C)CCN1CCCC(N2CCNCC2)C1(C)C. The van der Waals surface area contributed by atoms with Crippen molar-refractivity contribution in [2.45, 2.75) is 38.3 Å². The third kappa shape index (κ3) is 3.69. The number of nitrogens with zero attached hydrogens (tertiary/aromatic N) is 3. The topological polar surface area (TPSA) is 21.8 Å². The third-order valence-electron chi connectivity index (χ3n) is 4.95. The molecule has 4 heteroatoms. The summed E-state index contributed by atoms with van der Waals surface area (Å²) in [6, 6.07) is 0.727. The van der Waals surface area contributed by atoms with Crippen molar-refractivity contribution in [3.05, 3.63) is 0 Å². The second kappa shape index (κ2) is 6.53. The van der Waals surface area contributed by atoms with E-state index in [1.54, 1.807) is 0 Å². The molecule has 0 saturated carbocycles. The van der Waals surface area contributed by atoms with Gasteiger partial charge in [0.2, 0.25) is 0 Å². The molecule has 19 heavy (non-hydrogen) atoms. The van der Waals surface area contributed by atoms with E-state index in [1.165, 1.54) is 39.0 Å². The summed E-state index contributed by atoms with van der Waals surface area (Å²) in [5, 5.41) is 3.47. The highest BCUT2D eigenvalue weighted by Gasteiger charge is 2.41. The molecule has 2 saturated heterocycles. The Balaban J connectivity index is 1.98. The standard InChI is InChI=1S/C15H32N4/c1-15(2)14(18-10-7-16-8-11-18)6-5-9-19(15)13-12-17(3)4/h14,16H,5-13H2,1-4H3. The number of likely N-dealkylation sites (tertiary alicyclic amines) is 1. The van der Waals surface area contributed by atoms with Crippen molar-refractivity contribution in [1.82, 2.24) is 20.0 Å². The summed E-state index contributed by atoms with van der Waals surface area (Å²) in [6.45, 7) is 13.3. The Kier molecular flexibility index (Phi) is 5.23. The maximum absolute atomic E-state index is 3.47. The lowest BCUT2D eigenvalue weighted by Gasteiger charge is -2.53. The number of hydrogen-bond donors (Lipinski definition) is 1. The minimum Gasteiger partial charge on any atom is -0.314 e. The number of hydrogen-bond acceptors (Lipinski definition) is 4. The number of rotatable bonds is 4. The Labute approximate surface area is 119 Å². The lowest BCUT2D eigenvalue weighted by Crippen LogP contribution is -2.64. The first-order valence-electron chi connectivity index (χ1n) is 7.86. The van der Waals surface area contributed by atoms with E-state index in [4.69, 9.17) is 0 Å².